The third-order valence-electron chi connectivity index (χ3n) is 1.94. The first-order chi connectivity index (χ1) is 6.77. The summed E-state index contributed by atoms with van der Waals surface area (Å²) in [7, 11) is 0. The van der Waals surface area contributed by atoms with Crippen LogP contribution in [0.4, 0.5) is 0 Å². The molecule has 0 saturated carbocycles. The molecule has 0 aliphatic heterocycles. The van der Waals surface area contributed by atoms with Crippen LogP contribution in [-0.4, -0.2) is 10.1 Å². The van der Waals surface area contributed by atoms with E-state index < -0.39 is 0 Å². The van der Waals surface area contributed by atoms with Crippen LogP contribution in [0.1, 0.15) is 0 Å². The van der Waals surface area contributed by atoms with Crippen LogP contribution in [0.15, 0.2) is 47.2 Å². The van der Waals surface area contributed by atoms with E-state index in [1.54, 1.807) is 18.3 Å². The molecule has 0 bridgehead atoms. The van der Waals surface area contributed by atoms with Gasteiger partial charge in [-0.2, -0.15) is 0 Å². The van der Waals surface area contributed by atoms with Crippen molar-refractivity contribution in [2.75, 3.05) is 0 Å². The van der Waals surface area contributed by atoms with Gasteiger partial charge in [0.05, 0.1) is 0 Å². The van der Waals surface area contributed by atoms with Gasteiger partial charge in [-0.3, -0.25) is 0 Å². The van der Waals surface area contributed by atoms with E-state index in [0.29, 0.717) is 0 Å². The Hall–Kier alpha value is -1.35. The molecular formula is C11H8BrNO. The van der Waals surface area contributed by atoms with E-state index in [2.05, 4.69) is 20.9 Å². The molecule has 14 heavy (non-hydrogen) atoms. The molecule has 0 atom stereocenters. The molecule has 0 saturated heterocycles. The van der Waals surface area contributed by atoms with Crippen molar-refractivity contribution in [3.8, 4) is 16.9 Å². The van der Waals surface area contributed by atoms with E-state index in [-0.39, 0.29) is 5.75 Å². The van der Waals surface area contributed by atoms with Gasteiger partial charge in [-0.1, -0.05) is 24.3 Å². The Morgan fingerprint density at radius 1 is 1.07 bits per heavy atom. The van der Waals surface area contributed by atoms with Gasteiger partial charge in [-0.25, -0.2) is 4.98 Å². The summed E-state index contributed by atoms with van der Waals surface area (Å²) >= 11 is 3.26. The number of benzene rings is 1. The predicted octanol–water partition coefficient (Wildman–Crippen LogP) is 3.22. The molecule has 0 unspecified atom stereocenters. The first kappa shape index (κ1) is 9.21. The lowest BCUT2D eigenvalue weighted by atomic mass is 10.1. The Labute approximate surface area is 90.4 Å². The number of aromatic hydroxyl groups is 1. The zero-order valence-electron chi connectivity index (χ0n) is 7.31. The van der Waals surface area contributed by atoms with Gasteiger partial charge in [0, 0.05) is 17.3 Å². The summed E-state index contributed by atoms with van der Waals surface area (Å²) in [5.74, 6) is 0.275. The van der Waals surface area contributed by atoms with Gasteiger partial charge >= 0.3 is 0 Å². The lowest BCUT2D eigenvalue weighted by molar-refractivity contribution is 0.477. The molecule has 3 heteroatoms. The van der Waals surface area contributed by atoms with Gasteiger partial charge in [0.2, 0.25) is 0 Å². The number of nitrogens with zero attached hydrogens (tertiary/aromatic N) is 1. The van der Waals surface area contributed by atoms with Gasteiger partial charge in [-0.05, 0) is 28.1 Å². The highest BCUT2D eigenvalue weighted by Crippen LogP contribution is 2.28. The second-order valence-corrected chi connectivity index (χ2v) is 3.70. The Balaban J connectivity index is 2.50. The zero-order chi connectivity index (χ0) is 9.97. The van der Waals surface area contributed by atoms with Crippen LogP contribution < -0.4 is 0 Å². The fourth-order valence-corrected chi connectivity index (χ4v) is 1.49. The van der Waals surface area contributed by atoms with Gasteiger partial charge in [0.15, 0.2) is 0 Å². The van der Waals surface area contributed by atoms with E-state index in [1.807, 2.05) is 24.3 Å². The fourth-order valence-electron chi connectivity index (χ4n) is 1.25. The first-order valence-corrected chi connectivity index (χ1v) is 4.96. The molecule has 0 aliphatic rings. The number of hydrogen-bond donors (Lipinski definition) is 1. The van der Waals surface area contributed by atoms with Gasteiger partial charge in [-0.15, -0.1) is 0 Å². The maximum atomic E-state index is 9.59. The van der Waals surface area contributed by atoms with Crippen LogP contribution in [0.5, 0.6) is 5.75 Å². The van der Waals surface area contributed by atoms with E-state index in [4.69, 9.17) is 0 Å². The van der Waals surface area contributed by atoms with Crippen molar-refractivity contribution in [1.82, 2.24) is 4.98 Å². The van der Waals surface area contributed by atoms with Crippen LogP contribution in [0, 0.1) is 0 Å². The lowest BCUT2D eigenvalue weighted by Crippen LogP contribution is -1.80. The average molecular weight is 250 g/mol. The molecule has 70 valence electrons. The minimum Gasteiger partial charge on any atom is -0.507 e. The summed E-state index contributed by atoms with van der Waals surface area (Å²) in [6.07, 6.45) is 1.72. The summed E-state index contributed by atoms with van der Waals surface area (Å²) < 4.78 is 0.789. The van der Waals surface area contributed by atoms with Crippen molar-refractivity contribution in [1.29, 1.82) is 0 Å². The highest BCUT2D eigenvalue weighted by molar-refractivity contribution is 9.10. The van der Waals surface area contributed by atoms with Crippen LogP contribution in [-0.2, 0) is 0 Å². The summed E-state index contributed by atoms with van der Waals surface area (Å²) in [4.78, 5) is 4.10. The van der Waals surface area contributed by atoms with Crippen molar-refractivity contribution in [3.63, 3.8) is 0 Å². The molecule has 2 nitrogen and oxygen atoms in total. The summed E-state index contributed by atoms with van der Waals surface area (Å²) in [6, 6.07) is 11.0. The Morgan fingerprint density at radius 2 is 1.86 bits per heavy atom. The largest absolute Gasteiger partial charge is 0.507 e. The normalized spacial score (nSPS) is 10.1. The molecule has 2 aromatic rings. The molecule has 1 aromatic heterocycles. The second-order valence-electron chi connectivity index (χ2n) is 2.89. The third kappa shape index (κ3) is 1.77. The molecule has 2 rings (SSSR count). The Morgan fingerprint density at radius 3 is 2.50 bits per heavy atom. The van der Waals surface area contributed by atoms with Crippen molar-refractivity contribution in [3.05, 3.63) is 47.2 Å². The topological polar surface area (TPSA) is 33.1 Å². The molecule has 1 N–H and O–H groups in total. The SMILES string of the molecule is Oc1ccccc1-c1ccc(Br)nc1. The number of phenolic OH excluding ortho intramolecular Hbond substituents is 1. The van der Waals surface area contributed by atoms with E-state index >= 15 is 0 Å². The summed E-state index contributed by atoms with van der Waals surface area (Å²) in [6.45, 7) is 0. The highest BCUT2D eigenvalue weighted by atomic mass is 79.9. The Bertz CT molecular complexity index is 439. The number of phenols is 1. The van der Waals surface area contributed by atoms with Crippen molar-refractivity contribution in [2.24, 2.45) is 0 Å². The number of pyridine rings is 1. The quantitative estimate of drug-likeness (QED) is 0.788. The Kier molecular flexibility index (Phi) is 2.50. The van der Waals surface area contributed by atoms with Crippen LogP contribution in [0.3, 0.4) is 0 Å². The maximum Gasteiger partial charge on any atom is 0.123 e. The van der Waals surface area contributed by atoms with Gasteiger partial charge in [0.25, 0.3) is 0 Å². The molecule has 0 aliphatic carbocycles. The van der Waals surface area contributed by atoms with E-state index in [1.165, 1.54) is 0 Å². The number of rotatable bonds is 1. The molecular weight excluding hydrogens is 242 g/mol. The predicted molar refractivity (Wildman–Crippen MR) is 59.0 cm³/mol. The number of hydrogen-bond acceptors (Lipinski definition) is 2. The number of halogens is 1. The minimum atomic E-state index is 0.275. The smallest absolute Gasteiger partial charge is 0.123 e. The molecule has 0 amide bonds. The molecule has 1 aromatic carbocycles. The van der Waals surface area contributed by atoms with Gasteiger partial charge < -0.3 is 5.11 Å². The third-order valence-corrected chi connectivity index (χ3v) is 2.41. The summed E-state index contributed by atoms with van der Waals surface area (Å²) in [5, 5.41) is 9.59. The monoisotopic (exact) mass is 249 g/mol. The molecule has 0 spiro atoms. The standard InChI is InChI=1S/C11H8BrNO/c12-11-6-5-8(7-13-11)9-3-1-2-4-10(9)14/h1-7,14H. The summed E-state index contributed by atoms with van der Waals surface area (Å²) in [5.41, 5.74) is 1.71. The lowest BCUT2D eigenvalue weighted by Gasteiger charge is -2.03. The molecule has 0 fully saturated rings. The van der Waals surface area contributed by atoms with Crippen molar-refractivity contribution >= 4 is 15.9 Å². The highest BCUT2D eigenvalue weighted by Gasteiger charge is 2.02. The van der Waals surface area contributed by atoms with E-state index in [9.17, 15) is 5.11 Å². The number of para-hydroxylation sites is 1. The zero-order valence-corrected chi connectivity index (χ0v) is 8.90. The second kappa shape index (κ2) is 3.80. The van der Waals surface area contributed by atoms with Crippen molar-refractivity contribution < 1.29 is 5.11 Å². The minimum absolute atomic E-state index is 0.275. The van der Waals surface area contributed by atoms with Crippen LogP contribution >= 0.6 is 15.9 Å². The maximum absolute atomic E-state index is 9.59. The van der Waals surface area contributed by atoms with Crippen molar-refractivity contribution in [2.45, 2.75) is 0 Å². The molecule has 0 radical (unpaired) electrons. The van der Waals surface area contributed by atoms with Crippen LogP contribution in [0.25, 0.3) is 11.1 Å². The number of aromatic nitrogens is 1. The van der Waals surface area contributed by atoms with Gasteiger partial charge in [0.1, 0.15) is 10.4 Å². The molecule has 1 heterocycles. The first-order valence-electron chi connectivity index (χ1n) is 4.17. The fraction of sp³-hybridized carbons (Fsp3) is 0. The average Bonchev–Trinajstić information content (AvgIpc) is 2.20. The van der Waals surface area contributed by atoms with E-state index in [0.717, 1.165) is 15.7 Å². The van der Waals surface area contributed by atoms with Crippen LogP contribution in [0.2, 0.25) is 0 Å².